The first-order valence-electron chi connectivity index (χ1n) is 16.1. The second kappa shape index (κ2) is 12.7. The van der Waals surface area contributed by atoms with E-state index in [1.165, 1.54) is 55.3 Å². The molecule has 222 valence electrons. The third kappa shape index (κ3) is 5.72. The van der Waals surface area contributed by atoms with Gasteiger partial charge in [-0.2, -0.15) is 0 Å². The van der Waals surface area contributed by atoms with Crippen molar-refractivity contribution in [2.75, 3.05) is 4.90 Å². The molecule has 0 bridgehead atoms. The van der Waals surface area contributed by atoms with Crippen LogP contribution in [0.4, 0.5) is 17.1 Å². The Morgan fingerprint density at radius 2 is 0.702 bits per heavy atom. The minimum atomic E-state index is 1.11. The molecule has 8 rings (SSSR count). The quantitative estimate of drug-likeness (QED) is 0.176. The van der Waals surface area contributed by atoms with Crippen molar-refractivity contribution in [1.29, 1.82) is 0 Å². The van der Waals surface area contributed by atoms with E-state index in [9.17, 15) is 0 Å². The molecule has 0 saturated heterocycles. The van der Waals surface area contributed by atoms with Crippen molar-refractivity contribution < 1.29 is 0 Å². The number of hydrogen-bond acceptors (Lipinski definition) is 1. The summed E-state index contributed by atoms with van der Waals surface area (Å²) < 4.78 is 0. The van der Waals surface area contributed by atoms with Gasteiger partial charge in [0.1, 0.15) is 0 Å². The van der Waals surface area contributed by atoms with Crippen molar-refractivity contribution in [3.63, 3.8) is 0 Å². The largest absolute Gasteiger partial charge is 0.310 e. The summed E-state index contributed by atoms with van der Waals surface area (Å²) in [6.45, 7) is 0. The monoisotopic (exact) mass is 599 g/mol. The van der Waals surface area contributed by atoms with Crippen LogP contribution in [0.2, 0.25) is 0 Å². The summed E-state index contributed by atoms with van der Waals surface area (Å²) in [6, 6.07) is 71.7. The second-order valence-electron chi connectivity index (χ2n) is 11.8. The van der Waals surface area contributed by atoms with E-state index in [1.54, 1.807) is 0 Å². The zero-order valence-electron chi connectivity index (χ0n) is 26.0. The van der Waals surface area contributed by atoms with Gasteiger partial charge in [0.05, 0.1) is 0 Å². The van der Waals surface area contributed by atoms with Crippen molar-refractivity contribution in [1.82, 2.24) is 0 Å². The fourth-order valence-electron chi connectivity index (χ4n) is 6.56. The number of benzene rings is 8. The molecule has 1 heteroatoms. The zero-order valence-corrected chi connectivity index (χ0v) is 26.0. The highest BCUT2D eigenvalue weighted by molar-refractivity contribution is 5.97. The minimum absolute atomic E-state index is 1.11. The van der Waals surface area contributed by atoms with Crippen molar-refractivity contribution in [3.8, 4) is 44.5 Å². The number of nitrogens with zero attached hydrogens (tertiary/aromatic N) is 1. The maximum absolute atomic E-state index is 2.34. The molecule has 0 aliphatic heterocycles. The lowest BCUT2D eigenvalue weighted by molar-refractivity contribution is 1.28. The molecular weight excluding hydrogens is 567 g/mol. The standard InChI is InChI=1S/C46H33N/c1-3-13-36(14-4-1)44-22-9-10-23-46(44)39-17-11-20-42(33-39)47(40-18-5-2-6-19-40)41-31-29-35(30-32-41)34-25-27-38(28-26-34)45-24-12-16-37-15-7-8-21-43(37)45/h1-33H. The molecule has 47 heavy (non-hydrogen) atoms. The van der Waals surface area contributed by atoms with Crippen molar-refractivity contribution >= 4 is 27.8 Å². The average Bonchev–Trinajstić information content (AvgIpc) is 3.16. The molecule has 0 fully saturated rings. The van der Waals surface area contributed by atoms with Gasteiger partial charge in [-0.25, -0.2) is 0 Å². The van der Waals surface area contributed by atoms with Crippen LogP contribution in [0, 0.1) is 0 Å². The lowest BCUT2D eigenvalue weighted by atomic mass is 9.94. The molecule has 0 aliphatic rings. The highest BCUT2D eigenvalue weighted by Gasteiger charge is 2.15. The molecule has 0 saturated carbocycles. The van der Waals surface area contributed by atoms with Gasteiger partial charge in [-0.1, -0.05) is 164 Å². The molecule has 0 aromatic heterocycles. The van der Waals surface area contributed by atoms with E-state index in [-0.39, 0.29) is 0 Å². The number of hydrogen-bond donors (Lipinski definition) is 0. The third-order valence-corrected chi connectivity index (χ3v) is 8.89. The Kier molecular flexibility index (Phi) is 7.63. The first-order chi connectivity index (χ1) is 23.3. The van der Waals surface area contributed by atoms with Crippen LogP contribution in [0.25, 0.3) is 55.3 Å². The maximum atomic E-state index is 2.34. The maximum Gasteiger partial charge on any atom is 0.0467 e. The summed E-state index contributed by atoms with van der Waals surface area (Å²) >= 11 is 0. The van der Waals surface area contributed by atoms with Gasteiger partial charge in [-0.15, -0.1) is 0 Å². The summed E-state index contributed by atoms with van der Waals surface area (Å²) in [5.41, 5.74) is 13.1. The Morgan fingerprint density at radius 1 is 0.255 bits per heavy atom. The van der Waals surface area contributed by atoms with Gasteiger partial charge >= 0.3 is 0 Å². The van der Waals surface area contributed by atoms with Crippen LogP contribution in [0.5, 0.6) is 0 Å². The SMILES string of the molecule is c1ccc(-c2ccccc2-c2cccc(N(c3ccccc3)c3ccc(-c4ccc(-c5cccc6ccccc56)cc4)cc3)c2)cc1. The second-order valence-corrected chi connectivity index (χ2v) is 11.8. The predicted octanol–water partition coefficient (Wildman–Crippen LogP) is 13.0. The molecule has 8 aromatic carbocycles. The summed E-state index contributed by atoms with van der Waals surface area (Å²) in [4.78, 5) is 2.34. The van der Waals surface area contributed by atoms with E-state index < -0.39 is 0 Å². The molecule has 1 nitrogen and oxygen atoms in total. The molecule has 0 unspecified atom stereocenters. The molecular formula is C46H33N. The van der Waals surface area contributed by atoms with Gasteiger partial charge in [0.2, 0.25) is 0 Å². The number of para-hydroxylation sites is 1. The fraction of sp³-hybridized carbons (Fsp3) is 0. The average molecular weight is 600 g/mol. The van der Waals surface area contributed by atoms with Gasteiger partial charge in [0.25, 0.3) is 0 Å². The van der Waals surface area contributed by atoms with E-state index in [4.69, 9.17) is 0 Å². The summed E-state index contributed by atoms with van der Waals surface area (Å²) in [7, 11) is 0. The van der Waals surface area contributed by atoms with Gasteiger partial charge in [-0.3, -0.25) is 0 Å². The Bertz CT molecular complexity index is 2260. The topological polar surface area (TPSA) is 3.24 Å². The number of fused-ring (bicyclic) bond motifs is 1. The lowest BCUT2D eigenvalue weighted by Crippen LogP contribution is -2.09. The highest BCUT2D eigenvalue weighted by Crippen LogP contribution is 2.39. The summed E-state index contributed by atoms with van der Waals surface area (Å²) in [5, 5.41) is 2.54. The molecule has 0 atom stereocenters. The van der Waals surface area contributed by atoms with E-state index in [1.807, 2.05) is 0 Å². The van der Waals surface area contributed by atoms with Crippen molar-refractivity contribution in [2.45, 2.75) is 0 Å². The predicted molar refractivity (Wildman–Crippen MR) is 200 cm³/mol. The van der Waals surface area contributed by atoms with Crippen LogP contribution in [-0.2, 0) is 0 Å². The highest BCUT2D eigenvalue weighted by atomic mass is 15.1. The third-order valence-electron chi connectivity index (χ3n) is 8.89. The van der Waals surface area contributed by atoms with Crippen molar-refractivity contribution in [2.24, 2.45) is 0 Å². The Labute approximate surface area is 276 Å². The molecule has 0 amide bonds. The van der Waals surface area contributed by atoms with Gasteiger partial charge < -0.3 is 4.90 Å². The first kappa shape index (κ1) is 28.3. The normalized spacial score (nSPS) is 11.0. The minimum Gasteiger partial charge on any atom is -0.310 e. The van der Waals surface area contributed by atoms with Crippen LogP contribution in [0.15, 0.2) is 200 Å². The Balaban J connectivity index is 1.13. The summed E-state index contributed by atoms with van der Waals surface area (Å²) in [6.07, 6.45) is 0. The van der Waals surface area contributed by atoms with E-state index >= 15 is 0 Å². The van der Waals surface area contributed by atoms with Crippen LogP contribution in [-0.4, -0.2) is 0 Å². The first-order valence-corrected chi connectivity index (χ1v) is 16.1. The zero-order chi connectivity index (χ0) is 31.4. The van der Waals surface area contributed by atoms with Gasteiger partial charge in [0.15, 0.2) is 0 Å². The Hall–Kier alpha value is -6.18. The van der Waals surface area contributed by atoms with Crippen molar-refractivity contribution in [3.05, 3.63) is 200 Å². The van der Waals surface area contributed by atoms with Crippen LogP contribution < -0.4 is 4.90 Å². The van der Waals surface area contributed by atoms with E-state index in [2.05, 4.69) is 205 Å². The molecule has 0 radical (unpaired) electrons. The van der Waals surface area contributed by atoms with Crippen LogP contribution in [0.3, 0.4) is 0 Å². The molecule has 0 spiro atoms. The molecule has 8 aromatic rings. The van der Waals surface area contributed by atoms with Gasteiger partial charge in [0, 0.05) is 17.1 Å². The van der Waals surface area contributed by atoms with E-state index in [0.717, 1.165) is 17.1 Å². The van der Waals surface area contributed by atoms with Crippen LogP contribution in [0.1, 0.15) is 0 Å². The van der Waals surface area contributed by atoms with E-state index in [0.29, 0.717) is 0 Å². The fourth-order valence-corrected chi connectivity index (χ4v) is 6.56. The summed E-state index contributed by atoms with van der Waals surface area (Å²) in [5.74, 6) is 0. The number of anilines is 3. The number of rotatable bonds is 7. The van der Waals surface area contributed by atoms with Crippen LogP contribution >= 0.6 is 0 Å². The smallest absolute Gasteiger partial charge is 0.0467 e. The molecule has 0 aliphatic carbocycles. The molecule has 0 heterocycles. The Morgan fingerprint density at radius 3 is 1.45 bits per heavy atom. The van der Waals surface area contributed by atoms with Gasteiger partial charge in [-0.05, 0) is 91.7 Å². The molecule has 0 N–H and O–H groups in total. The lowest BCUT2D eigenvalue weighted by Gasteiger charge is -2.26.